The van der Waals surface area contributed by atoms with Crippen molar-refractivity contribution >= 4 is 21.9 Å². The Kier molecular flexibility index (Phi) is 3.22. The zero-order valence-corrected chi connectivity index (χ0v) is 10.1. The second kappa shape index (κ2) is 4.46. The molecule has 1 atom stereocenters. The highest BCUT2D eigenvalue weighted by Crippen LogP contribution is 2.11. The van der Waals surface area contributed by atoms with Gasteiger partial charge < -0.3 is 15.4 Å². The van der Waals surface area contributed by atoms with Gasteiger partial charge >= 0.3 is 0 Å². The molecule has 1 aliphatic rings. The van der Waals surface area contributed by atoms with E-state index in [1.165, 1.54) is 0 Å². The van der Waals surface area contributed by atoms with Crippen molar-refractivity contribution in [2.45, 2.75) is 12.6 Å². The largest absolute Gasteiger partial charge is 0.374 e. The van der Waals surface area contributed by atoms with Gasteiger partial charge in [-0.25, -0.2) is 4.68 Å². The van der Waals surface area contributed by atoms with Gasteiger partial charge in [-0.1, -0.05) is 0 Å². The zero-order chi connectivity index (χ0) is 10.8. The third kappa shape index (κ3) is 2.67. The molecule has 0 aliphatic carbocycles. The van der Waals surface area contributed by atoms with Gasteiger partial charge in [-0.3, -0.25) is 0 Å². The standard InChI is InChI=1S/C8H14BrN5O/c1-13-2-3-15-6(4-13)5-14-7(9)11-8(10)12-14/h6H,2-5H2,1H3,(H2,10,12). The molecule has 1 fully saturated rings. The van der Waals surface area contributed by atoms with Crippen molar-refractivity contribution in [1.82, 2.24) is 19.7 Å². The Morgan fingerprint density at radius 3 is 3.07 bits per heavy atom. The molecule has 1 unspecified atom stereocenters. The van der Waals surface area contributed by atoms with Gasteiger partial charge in [-0.05, 0) is 23.0 Å². The number of anilines is 1. The minimum Gasteiger partial charge on any atom is -0.374 e. The van der Waals surface area contributed by atoms with Crippen LogP contribution in [0.2, 0.25) is 0 Å². The molecule has 0 bridgehead atoms. The maximum Gasteiger partial charge on any atom is 0.240 e. The molecule has 1 saturated heterocycles. The molecule has 6 nitrogen and oxygen atoms in total. The highest BCUT2D eigenvalue weighted by Gasteiger charge is 2.19. The van der Waals surface area contributed by atoms with Crippen LogP contribution in [-0.2, 0) is 11.3 Å². The summed E-state index contributed by atoms with van der Waals surface area (Å²) in [5, 5.41) is 4.07. The van der Waals surface area contributed by atoms with E-state index in [0.717, 1.165) is 19.7 Å². The fourth-order valence-corrected chi connectivity index (χ4v) is 2.03. The Bertz CT molecular complexity index is 342. The van der Waals surface area contributed by atoms with E-state index in [1.54, 1.807) is 4.68 Å². The molecular formula is C8H14BrN5O. The van der Waals surface area contributed by atoms with Gasteiger partial charge in [0, 0.05) is 13.1 Å². The van der Waals surface area contributed by atoms with Gasteiger partial charge in [0.25, 0.3) is 0 Å². The number of hydrogen-bond donors (Lipinski definition) is 1. The van der Waals surface area contributed by atoms with Crippen molar-refractivity contribution in [1.29, 1.82) is 0 Å². The molecule has 0 spiro atoms. The molecule has 1 aromatic rings. The summed E-state index contributed by atoms with van der Waals surface area (Å²) in [6.45, 7) is 3.33. The molecule has 1 aliphatic heterocycles. The fraction of sp³-hybridized carbons (Fsp3) is 0.750. The number of nitrogen functional groups attached to an aromatic ring is 1. The van der Waals surface area contributed by atoms with Gasteiger partial charge in [0.2, 0.25) is 5.95 Å². The van der Waals surface area contributed by atoms with E-state index in [0.29, 0.717) is 11.3 Å². The quantitative estimate of drug-likeness (QED) is 0.820. The predicted molar refractivity (Wildman–Crippen MR) is 59.4 cm³/mol. The van der Waals surface area contributed by atoms with E-state index in [1.807, 2.05) is 0 Å². The first-order valence-corrected chi connectivity index (χ1v) is 5.60. The van der Waals surface area contributed by atoms with Crippen molar-refractivity contribution in [3.8, 4) is 0 Å². The highest BCUT2D eigenvalue weighted by atomic mass is 79.9. The highest BCUT2D eigenvalue weighted by molar-refractivity contribution is 9.10. The number of hydrogen-bond acceptors (Lipinski definition) is 5. The first-order chi connectivity index (χ1) is 7.15. The summed E-state index contributed by atoms with van der Waals surface area (Å²) < 4.78 is 8.00. The van der Waals surface area contributed by atoms with Crippen LogP contribution in [0.25, 0.3) is 0 Å². The first-order valence-electron chi connectivity index (χ1n) is 4.81. The van der Waals surface area contributed by atoms with E-state index in [4.69, 9.17) is 10.5 Å². The Labute approximate surface area is 96.5 Å². The lowest BCUT2D eigenvalue weighted by molar-refractivity contribution is -0.0293. The third-order valence-electron chi connectivity index (χ3n) is 2.36. The van der Waals surface area contributed by atoms with Gasteiger partial charge in [-0.15, -0.1) is 5.10 Å². The molecule has 2 heterocycles. The SMILES string of the molecule is CN1CCOC(Cn2nc(N)nc2Br)C1. The number of rotatable bonds is 2. The molecule has 1 aromatic heterocycles. The van der Waals surface area contributed by atoms with E-state index in [-0.39, 0.29) is 12.1 Å². The molecule has 0 amide bonds. The molecule has 7 heteroatoms. The van der Waals surface area contributed by atoms with E-state index < -0.39 is 0 Å². The number of ether oxygens (including phenoxy) is 1. The lowest BCUT2D eigenvalue weighted by atomic mass is 10.3. The molecule has 2 rings (SSSR count). The third-order valence-corrected chi connectivity index (χ3v) is 2.95. The van der Waals surface area contributed by atoms with Crippen molar-refractivity contribution < 1.29 is 4.74 Å². The van der Waals surface area contributed by atoms with Gasteiger partial charge in [-0.2, -0.15) is 4.98 Å². The van der Waals surface area contributed by atoms with Crippen LogP contribution < -0.4 is 5.73 Å². The van der Waals surface area contributed by atoms with Gasteiger partial charge in [0.15, 0.2) is 4.73 Å². The van der Waals surface area contributed by atoms with Crippen molar-refractivity contribution in [3.05, 3.63) is 4.73 Å². The minimum atomic E-state index is 0.154. The molecular weight excluding hydrogens is 262 g/mol. The number of morpholine rings is 1. The summed E-state index contributed by atoms with van der Waals surface area (Å²) >= 11 is 3.30. The summed E-state index contributed by atoms with van der Waals surface area (Å²) in [5.41, 5.74) is 5.49. The van der Waals surface area contributed by atoms with E-state index >= 15 is 0 Å². The maximum atomic E-state index is 5.62. The first kappa shape index (κ1) is 10.8. The normalized spacial score (nSPS) is 23.2. The second-order valence-corrected chi connectivity index (χ2v) is 4.39. The summed E-state index contributed by atoms with van der Waals surface area (Å²) in [6.07, 6.45) is 0.154. The number of nitrogens with two attached hydrogens (primary N) is 1. The van der Waals surface area contributed by atoms with Crippen LogP contribution in [0.5, 0.6) is 0 Å². The molecule has 2 N–H and O–H groups in total. The van der Waals surface area contributed by atoms with E-state index in [2.05, 4.69) is 38.0 Å². The molecule has 15 heavy (non-hydrogen) atoms. The van der Waals surface area contributed by atoms with Crippen molar-refractivity contribution in [3.63, 3.8) is 0 Å². The van der Waals surface area contributed by atoms with Gasteiger partial charge in [0.05, 0.1) is 19.3 Å². The Hall–Kier alpha value is -0.660. The average molecular weight is 276 g/mol. The number of likely N-dealkylation sites (N-methyl/N-ethyl adjacent to an activating group) is 1. The van der Waals surface area contributed by atoms with E-state index in [9.17, 15) is 0 Å². The lowest BCUT2D eigenvalue weighted by Gasteiger charge is -2.29. The number of nitrogens with zero attached hydrogens (tertiary/aromatic N) is 4. The summed E-state index contributed by atoms with van der Waals surface area (Å²) in [5.74, 6) is 0.283. The van der Waals surface area contributed by atoms with Crippen LogP contribution in [0.15, 0.2) is 4.73 Å². The number of aromatic nitrogens is 3. The smallest absolute Gasteiger partial charge is 0.240 e. The summed E-state index contributed by atoms with van der Waals surface area (Å²) in [6, 6.07) is 0. The van der Waals surface area contributed by atoms with Crippen LogP contribution in [0, 0.1) is 0 Å². The monoisotopic (exact) mass is 275 g/mol. The van der Waals surface area contributed by atoms with Crippen LogP contribution in [-0.4, -0.2) is 52.5 Å². The minimum absolute atomic E-state index is 0.154. The topological polar surface area (TPSA) is 69.2 Å². The summed E-state index contributed by atoms with van der Waals surface area (Å²) in [4.78, 5) is 6.21. The fourth-order valence-electron chi connectivity index (χ4n) is 1.63. The molecule has 84 valence electrons. The second-order valence-electron chi connectivity index (χ2n) is 3.68. The Morgan fingerprint density at radius 2 is 2.47 bits per heavy atom. The molecule has 0 radical (unpaired) electrons. The van der Waals surface area contributed by atoms with Crippen LogP contribution >= 0.6 is 15.9 Å². The Morgan fingerprint density at radius 1 is 1.67 bits per heavy atom. The predicted octanol–water partition coefficient (Wildman–Crippen LogP) is -0.0466. The van der Waals surface area contributed by atoms with Crippen LogP contribution in [0.1, 0.15) is 0 Å². The zero-order valence-electron chi connectivity index (χ0n) is 8.56. The number of halogens is 1. The summed E-state index contributed by atoms with van der Waals surface area (Å²) in [7, 11) is 2.08. The average Bonchev–Trinajstić information content (AvgIpc) is 2.45. The van der Waals surface area contributed by atoms with Crippen LogP contribution in [0.3, 0.4) is 0 Å². The maximum absolute atomic E-state index is 5.62. The van der Waals surface area contributed by atoms with Crippen molar-refractivity contribution in [2.24, 2.45) is 0 Å². The van der Waals surface area contributed by atoms with Gasteiger partial charge in [0.1, 0.15) is 0 Å². The molecule has 0 saturated carbocycles. The lowest BCUT2D eigenvalue weighted by Crippen LogP contribution is -2.42. The van der Waals surface area contributed by atoms with Crippen LogP contribution in [0.4, 0.5) is 5.95 Å². The molecule has 0 aromatic carbocycles. The van der Waals surface area contributed by atoms with Crippen molar-refractivity contribution in [2.75, 3.05) is 32.5 Å². The Balaban J connectivity index is 1.99.